The number of carbonyl (C=O) groups excluding carboxylic acids is 2. The molecule has 2 saturated heterocycles. The fraction of sp³-hybridized carbons (Fsp3) is 0.500. The average molecular weight is 759 g/mol. The number of rotatable bonds is 17. The lowest BCUT2D eigenvalue weighted by molar-refractivity contribution is -0.330. The highest BCUT2D eigenvalue weighted by Gasteiger charge is 2.67. The number of ketones is 1. The molecule has 0 saturated carbocycles. The highest BCUT2D eigenvalue weighted by atomic mass is 28.4. The zero-order chi connectivity index (χ0) is 39.0. The van der Waals surface area contributed by atoms with Gasteiger partial charge in [0.15, 0.2) is 11.6 Å². The molecule has 2 aliphatic heterocycles. The molecule has 0 aliphatic carbocycles. The van der Waals surface area contributed by atoms with Gasteiger partial charge < -0.3 is 32.8 Å². The van der Waals surface area contributed by atoms with Crippen LogP contribution in [0.1, 0.15) is 71.2 Å². The SMILES string of the molecule is C=CCC(=O)[C@H]1O[C@]2(C[C@@H](OC(=O)c3ccccc3)[C@H](C)[C@H](CCO[Si](c3ccccc3)(c3ccccc3)C(C)(C)C)O2)C(C)(C)[C@H]1OCOCCOC. The molecule has 9 nitrogen and oxygen atoms in total. The van der Waals surface area contributed by atoms with Gasteiger partial charge in [0.25, 0.3) is 8.32 Å². The Morgan fingerprint density at radius 1 is 0.889 bits per heavy atom. The Morgan fingerprint density at radius 2 is 1.48 bits per heavy atom. The van der Waals surface area contributed by atoms with Crippen LogP contribution in [0, 0.1) is 11.3 Å². The van der Waals surface area contributed by atoms with Crippen molar-refractivity contribution in [3.05, 3.63) is 109 Å². The van der Waals surface area contributed by atoms with Gasteiger partial charge in [-0.2, -0.15) is 0 Å². The number of allylic oxidation sites excluding steroid dienone is 1. The predicted octanol–water partition coefficient (Wildman–Crippen LogP) is 6.88. The minimum absolute atomic E-state index is 0.0622. The maximum atomic E-state index is 13.6. The number of methoxy groups -OCH3 is 1. The van der Waals surface area contributed by atoms with E-state index in [1.54, 1.807) is 25.3 Å². The van der Waals surface area contributed by atoms with Gasteiger partial charge in [0, 0.05) is 37.9 Å². The normalized spacial score (nSPS) is 25.4. The molecule has 292 valence electrons. The number of Topliss-reactive ketones (excluding diaryl/α,β-unsaturated/α-hetero) is 1. The van der Waals surface area contributed by atoms with Crippen molar-refractivity contribution >= 4 is 30.4 Å². The summed E-state index contributed by atoms with van der Waals surface area (Å²) in [6.45, 7) is 17.6. The molecule has 3 aromatic carbocycles. The van der Waals surface area contributed by atoms with E-state index in [0.717, 1.165) is 0 Å². The summed E-state index contributed by atoms with van der Waals surface area (Å²) < 4.78 is 44.7. The third-order valence-electron chi connectivity index (χ3n) is 11.1. The van der Waals surface area contributed by atoms with Crippen molar-refractivity contribution in [2.45, 2.75) is 96.0 Å². The van der Waals surface area contributed by atoms with E-state index in [0.29, 0.717) is 31.8 Å². The van der Waals surface area contributed by atoms with Crippen molar-refractivity contribution in [2.75, 3.05) is 33.7 Å². The minimum atomic E-state index is -2.85. The highest BCUT2D eigenvalue weighted by molar-refractivity contribution is 6.99. The lowest BCUT2D eigenvalue weighted by atomic mass is 9.72. The molecule has 0 aromatic heterocycles. The quantitative estimate of drug-likeness (QED) is 0.0480. The standard InChI is InChI=1S/C44H58O9Si/c1-9-19-36(45)39-40(49-31-48-29-28-47-8)43(6,7)44(53-39)30-38(51-41(46)33-20-13-10-14-21-33)32(2)37(52-44)26-27-50-54(42(3,4)5,34-22-15-11-16-23-34)35-24-17-12-18-25-35/h9-18,20-25,32,37-40H,1,19,26-31H2,2-8H3/t32-,37+,38-,39-,40+,44-/m1/s1. The molecule has 0 N–H and O–H groups in total. The molecule has 0 unspecified atom stereocenters. The Hall–Kier alpha value is -3.48. The van der Waals surface area contributed by atoms with E-state index < -0.39 is 49.9 Å². The number of hydrogen-bond donors (Lipinski definition) is 0. The second kappa shape index (κ2) is 18.0. The first-order valence-corrected chi connectivity index (χ1v) is 20.9. The fourth-order valence-electron chi connectivity index (χ4n) is 8.05. The van der Waals surface area contributed by atoms with Crippen LogP contribution >= 0.6 is 0 Å². The zero-order valence-electron chi connectivity index (χ0n) is 33.0. The average Bonchev–Trinajstić information content (AvgIpc) is 3.37. The van der Waals surface area contributed by atoms with Gasteiger partial charge >= 0.3 is 5.97 Å². The molecule has 10 heteroatoms. The molecule has 0 bridgehead atoms. The van der Waals surface area contributed by atoms with E-state index in [9.17, 15) is 9.59 Å². The number of benzene rings is 3. The van der Waals surface area contributed by atoms with E-state index in [-0.39, 0.29) is 36.4 Å². The molecule has 2 heterocycles. The van der Waals surface area contributed by atoms with E-state index in [4.69, 9.17) is 32.8 Å². The van der Waals surface area contributed by atoms with Crippen molar-refractivity contribution in [2.24, 2.45) is 11.3 Å². The van der Waals surface area contributed by atoms with Crippen LogP contribution in [0.5, 0.6) is 0 Å². The lowest BCUT2D eigenvalue weighted by Crippen LogP contribution is -2.66. The van der Waals surface area contributed by atoms with Gasteiger partial charge in [0.05, 0.1) is 24.9 Å². The van der Waals surface area contributed by atoms with Crippen LogP contribution in [0.15, 0.2) is 104 Å². The van der Waals surface area contributed by atoms with Crippen LogP contribution in [0.3, 0.4) is 0 Å². The number of carbonyl (C=O) groups is 2. The van der Waals surface area contributed by atoms with E-state index in [2.05, 4.69) is 75.9 Å². The second-order valence-electron chi connectivity index (χ2n) is 15.9. The summed E-state index contributed by atoms with van der Waals surface area (Å²) in [5, 5.41) is 2.16. The lowest BCUT2D eigenvalue weighted by Gasteiger charge is -2.51. The molecule has 6 atom stereocenters. The van der Waals surface area contributed by atoms with Crippen LogP contribution in [-0.2, 0) is 37.6 Å². The van der Waals surface area contributed by atoms with E-state index >= 15 is 0 Å². The maximum absolute atomic E-state index is 13.6. The molecule has 1 spiro atoms. The molecular formula is C44H58O9Si. The van der Waals surface area contributed by atoms with Gasteiger partial charge in [0.1, 0.15) is 25.1 Å². The molecule has 3 aromatic rings. The van der Waals surface area contributed by atoms with Crippen molar-refractivity contribution < 1.29 is 42.4 Å². The smallest absolute Gasteiger partial charge is 0.338 e. The van der Waals surface area contributed by atoms with Gasteiger partial charge in [-0.05, 0) is 34.0 Å². The van der Waals surface area contributed by atoms with Crippen molar-refractivity contribution in [3.63, 3.8) is 0 Å². The summed E-state index contributed by atoms with van der Waals surface area (Å²) in [5.41, 5.74) is -0.426. The molecule has 2 aliphatic rings. The van der Waals surface area contributed by atoms with Gasteiger partial charge in [0.2, 0.25) is 0 Å². The molecule has 2 fully saturated rings. The first-order chi connectivity index (χ1) is 25.8. The van der Waals surface area contributed by atoms with Gasteiger partial charge in [-0.1, -0.05) is 126 Å². The second-order valence-corrected chi connectivity index (χ2v) is 20.2. The Morgan fingerprint density at radius 3 is 2.04 bits per heavy atom. The molecule has 0 radical (unpaired) electrons. The predicted molar refractivity (Wildman–Crippen MR) is 211 cm³/mol. The summed E-state index contributed by atoms with van der Waals surface area (Å²) in [6.07, 6.45) is -0.393. The Kier molecular flexibility index (Phi) is 13.9. The van der Waals surface area contributed by atoms with E-state index in [1.807, 2.05) is 51.1 Å². The first-order valence-electron chi connectivity index (χ1n) is 19.0. The molecule has 54 heavy (non-hydrogen) atoms. The minimum Gasteiger partial charge on any atom is -0.458 e. The summed E-state index contributed by atoms with van der Waals surface area (Å²) in [6, 6.07) is 30.0. The van der Waals surface area contributed by atoms with Crippen LogP contribution in [-0.4, -0.2) is 84.0 Å². The largest absolute Gasteiger partial charge is 0.458 e. The summed E-state index contributed by atoms with van der Waals surface area (Å²) in [5.74, 6) is -2.18. The van der Waals surface area contributed by atoms with Crippen molar-refractivity contribution in [1.29, 1.82) is 0 Å². The van der Waals surface area contributed by atoms with Crippen LogP contribution in [0.4, 0.5) is 0 Å². The highest BCUT2D eigenvalue weighted by Crippen LogP contribution is 2.55. The van der Waals surface area contributed by atoms with Crippen molar-refractivity contribution in [1.82, 2.24) is 0 Å². The summed E-state index contributed by atoms with van der Waals surface area (Å²) in [4.78, 5) is 27.3. The Labute approximate surface area is 322 Å². The van der Waals surface area contributed by atoms with Crippen LogP contribution in [0.2, 0.25) is 5.04 Å². The van der Waals surface area contributed by atoms with Crippen LogP contribution in [0.25, 0.3) is 0 Å². The zero-order valence-corrected chi connectivity index (χ0v) is 34.0. The molecule has 5 rings (SSSR count). The van der Waals surface area contributed by atoms with Gasteiger partial charge in [-0.15, -0.1) is 6.58 Å². The summed E-state index contributed by atoms with van der Waals surface area (Å²) in [7, 11) is -1.25. The molecule has 0 amide bonds. The number of ether oxygens (including phenoxy) is 6. The van der Waals surface area contributed by atoms with Gasteiger partial charge in [-0.3, -0.25) is 4.79 Å². The van der Waals surface area contributed by atoms with E-state index in [1.165, 1.54) is 10.4 Å². The van der Waals surface area contributed by atoms with Crippen molar-refractivity contribution in [3.8, 4) is 0 Å². The first kappa shape index (κ1) is 41.7. The topological polar surface area (TPSA) is 98.8 Å². The summed E-state index contributed by atoms with van der Waals surface area (Å²) >= 11 is 0. The number of hydrogen-bond acceptors (Lipinski definition) is 9. The third kappa shape index (κ3) is 8.65. The van der Waals surface area contributed by atoms with Gasteiger partial charge in [-0.25, -0.2) is 4.79 Å². The Bertz CT molecular complexity index is 1620. The Balaban J connectivity index is 1.49. The monoisotopic (exact) mass is 758 g/mol. The third-order valence-corrected chi connectivity index (χ3v) is 16.1. The van der Waals surface area contributed by atoms with Crippen LogP contribution < -0.4 is 10.4 Å². The number of esters is 1. The fourth-order valence-corrected chi connectivity index (χ4v) is 12.6. The maximum Gasteiger partial charge on any atom is 0.338 e. The molecular weight excluding hydrogens is 701 g/mol.